The highest BCUT2D eigenvalue weighted by Crippen LogP contribution is 2.26. The molecule has 0 saturated carbocycles. The summed E-state index contributed by atoms with van der Waals surface area (Å²) in [6.45, 7) is 0. The van der Waals surface area contributed by atoms with Gasteiger partial charge in [-0.1, -0.05) is 6.07 Å². The summed E-state index contributed by atoms with van der Waals surface area (Å²) in [5.74, 6) is 0.325. The number of hydrogen-bond acceptors (Lipinski definition) is 2. The second-order valence-electron chi connectivity index (χ2n) is 5.22. The largest absolute Gasteiger partial charge is 0.497 e. The Balaban J connectivity index is 1.67. The number of hydrogen-bond donors (Lipinski definition) is 1. The Labute approximate surface area is 122 Å². The molecule has 2 aromatic carbocycles. The first kappa shape index (κ1) is 13.6. The fourth-order valence-electron chi connectivity index (χ4n) is 2.69. The number of rotatable bonds is 3. The van der Waals surface area contributed by atoms with Crippen molar-refractivity contribution in [1.29, 1.82) is 0 Å². The second-order valence-corrected chi connectivity index (χ2v) is 5.22. The van der Waals surface area contributed by atoms with E-state index in [0.29, 0.717) is 5.56 Å². The molecule has 1 aliphatic carbocycles. The summed E-state index contributed by atoms with van der Waals surface area (Å²) in [7, 11) is 1.64. The van der Waals surface area contributed by atoms with Crippen molar-refractivity contribution in [3.63, 3.8) is 0 Å². The van der Waals surface area contributed by atoms with Gasteiger partial charge in [0.25, 0.3) is 5.91 Å². The van der Waals surface area contributed by atoms with Crippen LogP contribution >= 0.6 is 0 Å². The monoisotopic (exact) mass is 285 g/mol. The van der Waals surface area contributed by atoms with E-state index in [1.807, 2.05) is 18.2 Å². The van der Waals surface area contributed by atoms with E-state index >= 15 is 0 Å². The smallest absolute Gasteiger partial charge is 0.251 e. The van der Waals surface area contributed by atoms with Crippen LogP contribution in [0.2, 0.25) is 0 Å². The van der Waals surface area contributed by atoms with Crippen LogP contribution in [0.3, 0.4) is 0 Å². The van der Waals surface area contributed by atoms with E-state index in [1.54, 1.807) is 7.11 Å². The van der Waals surface area contributed by atoms with E-state index in [9.17, 15) is 9.18 Å². The van der Waals surface area contributed by atoms with Gasteiger partial charge in [-0.25, -0.2) is 4.39 Å². The summed E-state index contributed by atoms with van der Waals surface area (Å²) in [4.78, 5) is 12.1. The van der Waals surface area contributed by atoms with Crippen molar-refractivity contribution in [2.45, 2.75) is 18.9 Å². The number of carbonyl (C=O) groups excluding carboxylic acids is 1. The van der Waals surface area contributed by atoms with Gasteiger partial charge in [-0.15, -0.1) is 0 Å². The van der Waals surface area contributed by atoms with Crippen LogP contribution in [0.15, 0.2) is 42.5 Å². The molecule has 21 heavy (non-hydrogen) atoms. The van der Waals surface area contributed by atoms with Gasteiger partial charge < -0.3 is 10.1 Å². The summed E-state index contributed by atoms with van der Waals surface area (Å²) in [5.41, 5.74) is 2.92. The molecule has 1 aliphatic rings. The van der Waals surface area contributed by atoms with Crippen molar-refractivity contribution in [2.24, 2.45) is 0 Å². The third-order valence-corrected chi connectivity index (χ3v) is 3.79. The van der Waals surface area contributed by atoms with E-state index in [2.05, 4.69) is 5.32 Å². The number of carbonyl (C=O) groups is 1. The predicted molar refractivity (Wildman–Crippen MR) is 78.1 cm³/mol. The maximum absolute atomic E-state index is 12.9. The molecule has 0 spiro atoms. The summed E-state index contributed by atoms with van der Waals surface area (Å²) in [5, 5.41) is 3.00. The predicted octanol–water partition coefficient (Wildman–Crippen LogP) is 2.73. The summed E-state index contributed by atoms with van der Waals surface area (Å²) in [6, 6.07) is 11.6. The number of ether oxygens (including phenoxy) is 1. The van der Waals surface area contributed by atoms with Crippen molar-refractivity contribution < 1.29 is 13.9 Å². The van der Waals surface area contributed by atoms with Gasteiger partial charge in [0.1, 0.15) is 11.6 Å². The number of halogens is 1. The number of amides is 1. The van der Waals surface area contributed by atoms with Crippen LogP contribution in [0.25, 0.3) is 0 Å². The van der Waals surface area contributed by atoms with E-state index in [-0.39, 0.29) is 17.8 Å². The molecule has 0 aromatic heterocycles. The highest BCUT2D eigenvalue weighted by atomic mass is 19.1. The minimum Gasteiger partial charge on any atom is -0.497 e. The Morgan fingerprint density at radius 2 is 1.86 bits per heavy atom. The maximum Gasteiger partial charge on any atom is 0.251 e. The molecule has 4 heteroatoms. The molecule has 0 fully saturated rings. The number of nitrogens with one attached hydrogen (secondary N) is 1. The van der Waals surface area contributed by atoms with Gasteiger partial charge in [0, 0.05) is 11.6 Å². The van der Waals surface area contributed by atoms with Crippen LogP contribution in [0.4, 0.5) is 4.39 Å². The normalized spacial score (nSPS) is 16.4. The fourth-order valence-corrected chi connectivity index (χ4v) is 2.69. The SMILES string of the molecule is COc1ccc2c(c1)CC(NC(=O)c1ccc(F)cc1)C2. The lowest BCUT2D eigenvalue weighted by atomic mass is 10.1. The fraction of sp³-hybridized carbons (Fsp3) is 0.235. The summed E-state index contributed by atoms with van der Waals surface area (Å²) < 4.78 is 18.1. The van der Waals surface area contributed by atoms with Crippen LogP contribution in [0.1, 0.15) is 21.5 Å². The number of benzene rings is 2. The first-order valence-corrected chi connectivity index (χ1v) is 6.88. The Bertz CT molecular complexity index is 667. The molecular formula is C17H16FNO2. The first-order valence-electron chi connectivity index (χ1n) is 6.88. The molecule has 3 rings (SSSR count). The molecule has 2 aromatic rings. The van der Waals surface area contributed by atoms with Crippen LogP contribution in [-0.4, -0.2) is 19.1 Å². The highest BCUT2D eigenvalue weighted by molar-refractivity contribution is 5.94. The van der Waals surface area contributed by atoms with Gasteiger partial charge in [-0.2, -0.15) is 0 Å². The molecule has 0 bridgehead atoms. The van der Waals surface area contributed by atoms with Gasteiger partial charge in [0.2, 0.25) is 0 Å². The Kier molecular flexibility index (Phi) is 3.60. The van der Waals surface area contributed by atoms with Gasteiger partial charge in [0.15, 0.2) is 0 Å². The minimum atomic E-state index is -0.341. The lowest BCUT2D eigenvalue weighted by Gasteiger charge is -2.11. The molecule has 1 amide bonds. The number of fused-ring (bicyclic) bond motifs is 1. The quantitative estimate of drug-likeness (QED) is 0.941. The van der Waals surface area contributed by atoms with Crippen LogP contribution in [0.5, 0.6) is 5.75 Å². The third-order valence-electron chi connectivity index (χ3n) is 3.79. The average Bonchev–Trinajstić information content (AvgIpc) is 2.88. The molecule has 3 nitrogen and oxygen atoms in total. The summed E-state index contributed by atoms with van der Waals surface area (Å²) in [6.07, 6.45) is 1.60. The Morgan fingerprint density at radius 3 is 2.57 bits per heavy atom. The first-order chi connectivity index (χ1) is 10.2. The molecular weight excluding hydrogens is 269 g/mol. The van der Waals surface area contributed by atoms with E-state index in [0.717, 1.165) is 18.6 Å². The maximum atomic E-state index is 12.9. The molecule has 0 heterocycles. The van der Waals surface area contributed by atoms with Crippen molar-refractivity contribution in [2.75, 3.05) is 7.11 Å². The zero-order chi connectivity index (χ0) is 14.8. The standard InChI is InChI=1S/C17H16FNO2/c1-21-16-7-4-12-8-15(9-13(12)10-16)19-17(20)11-2-5-14(18)6-3-11/h2-7,10,15H,8-9H2,1H3,(H,19,20). The molecule has 1 atom stereocenters. The van der Waals surface area contributed by atoms with Crippen molar-refractivity contribution in [3.05, 3.63) is 65.0 Å². The van der Waals surface area contributed by atoms with Crippen molar-refractivity contribution in [3.8, 4) is 5.75 Å². The lowest BCUT2D eigenvalue weighted by Crippen LogP contribution is -2.35. The summed E-state index contributed by atoms with van der Waals surface area (Å²) >= 11 is 0. The molecule has 1 N–H and O–H groups in total. The van der Waals surface area contributed by atoms with Gasteiger partial charge in [-0.05, 0) is 60.4 Å². The van der Waals surface area contributed by atoms with Crippen molar-refractivity contribution in [1.82, 2.24) is 5.32 Å². The molecule has 108 valence electrons. The van der Waals surface area contributed by atoms with Crippen LogP contribution < -0.4 is 10.1 Å². The molecule has 1 unspecified atom stereocenters. The molecule has 0 aliphatic heterocycles. The van der Waals surface area contributed by atoms with E-state index in [1.165, 1.54) is 35.4 Å². The van der Waals surface area contributed by atoms with E-state index < -0.39 is 0 Å². The zero-order valence-electron chi connectivity index (χ0n) is 11.7. The molecule has 0 saturated heterocycles. The van der Waals surface area contributed by atoms with Gasteiger partial charge in [0.05, 0.1) is 7.11 Å². The third kappa shape index (κ3) is 2.89. The zero-order valence-corrected chi connectivity index (χ0v) is 11.7. The molecule has 0 radical (unpaired) electrons. The minimum absolute atomic E-state index is 0.0738. The van der Waals surface area contributed by atoms with Crippen molar-refractivity contribution >= 4 is 5.91 Å². The lowest BCUT2D eigenvalue weighted by molar-refractivity contribution is 0.0938. The topological polar surface area (TPSA) is 38.3 Å². The van der Waals surface area contributed by atoms with Gasteiger partial charge in [-0.3, -0.25) is 4.79 Å². The Hall–Kier alpha value is -2.36. The number of methoxy groups -OCH3 is 1. The highest BCUT2D eigenvalue weighted by Gasteiger charge is 2.23. The Morgan fingerprint density at radius 1 is 1.14 bits per heavy atom. The van der Waals surface area contributed by atoms with Crippen LogP contribution in [-0.2, 0) is 12.8 Å². The van der Waals surface area contributed by atoms with E-state index in [4.69, 9.17) is 4.74 Å². The average molecular weight is 285 g/mol. The van der Waals surface area contributed by atoms with Gasteiger partial charge >= 0.3 is 0 Å². The van der Waals surface area contributed by atoms with Crippen LogP contribution in [0, 0.1) is 5.82 Å². The second kappa shape index (κ2) is 5.56.